The number of hydrogen-bond acceptors (Lipinski definition) is 2. The van der Waals surface area contributed by atoms with Gasteiger partial charge in [0, 0.05) is 6.21 Å². The maximum Gasteiger partial charge on any atom is 0.124 e. The first-order valence-electron chi connectivity index (χ1n) is 3.65. The van der Waals surface area contributed by atoms with Crippen LogP contribution in [0, 0.1) is 0 Å². The second kappa shape index (κ2) is 4.43. The second-order valence-corrected chi connectivity index (χ2v) is 3.34. The van der Waals surface area contributed by atoms with Crippen LogP contribution in [0.4, 0.5) is 0 Å². The lowest BCUT2D eigenvalue weighted by atomic mass is 10.0. The number of halogens is 1. The van der Waals surface area contributed by atoms with E-state index >= 15 is 0 Å². The molecule has 0 aromatic carbocycles. The van der Waals surface area contributed by atoms with E-state index in [1.807, 2.05) is 0 Å². The highest BCUT2D eigenvalue weighted by Crippen LogP contribution is 2.12. The molecular formula is C9H14ClNO. The molecule has 0 bridgehead atoms. The minimum atomic E-state index is -0.936. The van der Waals surface area contributed by atoms with Crippen molar-refractivity contribution in [2.45, 2.75) is 26.4 Å². The van der Waals surface area contributed by atoms with E-state index in [4.69, 9.17) is 11.6 Å². The lowest BCUT2D eigenvalue weighted by Crippen LogP contribution is -2.21. The normalized spacial score (nSPS) is 13.9. The van der Waals surface area contributed by atoms with Crippen LogP contribution in [-0.2, 0) is 0 Å². The molecule has 0 aliphatic carbocycles. The third kappa shape index (κ3) is 4.31. The van der Waals surface area contributed by atoms with E-state index in [9.17, 15) is 5.11 Å². The smallest absolute Gasteiger partial charge is 0.124 e. The molecule has 68 valence electrons. The van der Waals surface area contributed by atoms with Gasteiger partial charge in [-0.1, -0.05) is 24.3 Å². The number of rotatable bonds is 3. The van der Waals surface area contributed by atoms with Crippen molar-refractivity contribution in [2.75, 3.05) is 0 Å². The predicted molar refractivity (Wildman–Crippen MR) is 53.5 cm³/mol. The van der Waals surface area contributed by atoms with Crippen LogP contribution >= 0.6 is 11.6 Å². The van der Waals surface area contributed by atoms with E-state index in [2.05, 4.69) is 11.6 Å². The highest BCUT2D eigenvalue weighted by atomic mass is 35.5. The molecule has 0 saturated carbocycles. The summed E-state index contributed by atoms with van der Waals surface area (Å²) in [6.45, 7) is 8.72. The van der Waals surface area contributed by atoms with Crippen molar-refractivity contribution in [2.24, 2.45) is 4.99 Å². The Balaban J connectivity index is 4.29. The number of aliphatic imine (C=N–C) groups is 1. The molecule has 0 heterocycles. The zero-order chi connectivity index (χ0) is 9.78. The Labute approximate surface area is 78.3 Å². The fraction of sp³-hybridized carbons (Fsp3) is 0.444. The molecule has 0 radical (unpaired) electrons. The van der Waals surface area contributed by atoms with Crippen molar-refractivity contribution in [1.82, 2.24) is 0 Å². The standard InChI is InChI=1S/C9H14ClNO/c1-5-8(10)11-6-7(2)9(3,4)12/h5-6,12H,2H2,1,3-4H3/b8-5-,11-6-. The van der Waals surface area contributed by atoms with E-state index < -0.39 is 5.60 Å². The van der Waals surface area contributed by atoms with Crippen LogP contribution in [0.15, 0.2) is 28.4 Å². The van der Waals surface area contributed by atoms with Gasteiger partial charge in [0.05, 0.1) is 5.60 Å². The lowest BCUT2D eigenvalue weighted by Gasteiger charge is -2.16. The van der Waals surface area contributed by atoms with Gasteiger partial charge in [-0.15, -0.1) is 0 Å². The molecule has 0 aliphatic heterocycles. The average Bonchev–Trinajstić information content (AvgIpc) is 1.97. The molecule has 1 N–H and O–H groups in total. The quantitative estimate of drug-likeness (QED) is 0.535. The van der Waals surface area contributed by atoms with Crippen molar-refractivity contribution in [3.63, 3.8) is 0 Å². The summed E-state index contributed by atoms with van der Waals surface area (Å²) in [5.41, 5.74) is -0.406. The van der Waals surface area contributed by atoms with Crippen molar-refractivity contribution in [3.05, 3.63) is 23.4 Å². The summed E-state index contributed by atoms with van der Waals surface area (Å²) in [4.78, 5) is 3.85. The SMILES string of the molecule is C=C(/C=N\C(Cl)=C/C)C(C)(C)O. The average molecular weight is 188 g/mol. The molecule has 0 saturated heterocycles. The Morgan fingerprint density at radius 1 is 1.58 bits per heavy atom. The molecule has 0 spiro atoms. The number of allylic oxidation sites excluding steroid dienone is 1. The summed E-state index contributed by atoms with van der Waals surface area (Å²) in [6.07, 6.45) is 3.12. The molecule has 0 atom stereocenters. The lowest BCUT2D eigenvalue weighted by molar-refractivity contribution is 0.127. The van der Waals surface area contributed by atoms with Gasteiger partial charge in [-0.05, 0) is 26.3 Å². The van der Waals surface area contributed by atoms with Crippen molar-refractivity contribution in [3.8, 4) is 0 Å². The maximum absolute atomic E-state index is 9.42. The molecule has 0 aromatic rings. The van der Waals surface area contributed by atoms with Gasteiger partial charge in [-0.25, -0.2) is 4.99 Å². The van der Waals surface area contributed by atoms with Crippen molar-refractivity contribution < 1.29 is 5.11 Å². The molecular weight excluding hydrogens is 174 g/mol. The van der Waals surface area contributed by atoms with Gasteiger partial charge in [0.2, 0.25) is 0 Å². The predicted octanol–water partition coefficient (Wildman–Crippen LogP) is 2.48. The minimum absolute atomic E-state index is 0.389. The van der Waals surface area contributed by atoms with Gasteiger partial charge in [0.1, 0.15) is 5.16 Å². The second-order valence-electron chi connectivity index (χ2n) is 2.95. The van der Waals surface area contributed by atoms with Gasteiger partial charge in [-0.2, -0.15) is 0 Å². The van der Waals surface area contributed by atoms with Crippen LogP contribution in [0.3, 0.4) is 0 Å². The van der Waals surface area contributed by atoms with Gasteiger partial charge >= 0.3 is 0 Å². The minimum Gasteiger partial charge on any atom is -0.386 e. The van der Waals surface area contributed by atoms with E-state index in [1.54, 1.807) is 26.8 Å². The molecule has 2 nitrogen and oxygen atoms in total. The Kier molecular flexibility index (Phi) is 4.21. The molecule has 0 rings (SSSR count). The largest absolute Gasteiger partial charge is 0.386 e. The number of aliphatic hydroxyl groups is 1. The molecule has 0 fully saturated rings. The van der Waals surface area contributed by atoms with E-state index in [0.717, 1.165) is 0 Å². The molecule has 0 aliphatic rings. The summed E-state index contributed by atoms with van der Waals surface area (Å²) in [7, 11) is 0. The van der Waals surface area contributed by atoms with Crippen LogP contribution in [0.1, 0.15) is 20.8 Å². The van der Waals surface area contributed by atoms with E-state index in [1.165, 1.54) is 6.21 Å². The van der Waals surface area contributed by atoms with Crippen LogP contribution < -0.4 is 0 Å². The van der Waals surface area contributed by atoms with E-state index in [0.29, 0.717) is 10.7 Å². The highest BCUT2D eigenvalue weighted by molar-refractivity contribution is 6.29. The Bertz CT molecular complexity index is 223. The van der Waals surface area contributed by atoms with Crippen LogP contribution in [0.2, 0.25) is 0 Å². The van der Waals surface area contributed by atoms with Crippen molar-refractivity contribution >= 4 is 17.8 Å². The zero-order valence-corrected chi connectivity index (χ0v) is 8.39. The number of nitrogens with zero attached hydrogens (tertiary/aromatic N) is 1. The van der Waals surface area contributed by atoms with Crippen LogP contribution in [0.5, 0.6) is 0 Å². The Morgan fingerprint density at radius 3 is 2.42 bits per heavy atom. The maximum atomic E-state index is 9.42. The van der Waals surface area contributed by atoms with Gasteiger partial charge in [0.25, 0.3) is 0 Å². The molecule has 0 aromatic heterocycles. The Hall–Kier alpha value is -0.600. The summed E-state index contributed by atoms with van der Waals surface area (Å²) in [6, 6.07) is 0. The Morgan fingerprint density at radius 2 is 2.08 bits per heavy atom. The summed E-state index contributed by atoms with van der Waals surface area (Å²) in [5, 5.41) is 9.81. The van der Waals surface area contributed by atoms with E-state index in [-0.39, 0.29) is 0 Å². The molecule has 3 heteroatoms. The topological polar surface area (TPSA) is 32.6 Å². The van der Waals surface area contributed by atoms with Gasteiger partial charge < -0.3 is 5.11 Å². The first kappa shape index (κ1) is 11.4. The summed E-state index contributed by atoms with van der Waals surface area (Å²) in [5.74, 6) is 0. The summed E-state index contributed by atoms with van der Waals surface area (Å²) < 4.78 is 0. The summed E-state index contributed by atoms with van der Waals surface area (Å²) >= 11 is 5.60. The molecule has 12 heavy (non-hydrogen) atoms. The first-order valence-corrected chi connectivity index (χ1v) is 4.03. The fourth-order valence-corrected chi connectivity index (χ4v) is 0.421. The zero-order valence-electron chi connectivity index (χ0n) is 7.63. The fourth-order valence-electron chi connectivity index (χ4n) is 0.372. The monoisotopic (exact) mass is 187 g/mol. The van der Waals surface area contributed by atoms with Crippen molar-refractivity contribution in [1.29, 1.82) is 0 Å². The first-order chi connectivity index (χ1) is 5.38. The van der Waals surface area contributed by atoms with Crippen LogP contribution in [0.25, 0.3) is 0 Å². The molecule has 0 amide bonds. The highest BCUT2D eigenvalue weighted by Gasteiger charge is 2.14. The van der Waals surface area contributed by atoms with Crippen LogP contribution in [-0.4, -0.2) is 16.9 Å². The number of hydrogen-bond donors (Lipinski definition) is 1. The third-order valence-corrected chi connectivity index (χ3v) is 1.68. The van der Waals surface area contributed by atoms with Gasteiger partial charge in [0.15, 0.2) is 0 Å². The third-order valence-electron chi connectivity index (χ3n) is 1.37. The van der Waals surface area contributed by atoms with Gasteiger partial charge in [-0.3, -0.25) is 0 Å². The molecule has 0 unspecified atom stereocenters.